The summed E-state index contributed by atoms with van der Waals surface area (Å²) in [7, 11) is 0. The minimum absolute atomic E-state index is 0. The van der Waals surface area contributed by atoms with Crippen LogP contribution in [0.25, 0.3) is 246 Å². The van der Waals surface area contributed by atoms with Gasteiger partial charge in [0.25, 0.3) is 0 Å². The fraction of sp³-hybridized carbons (Fsp3) is 0.0149. The Morgan fingerprint density at radius 1 is 0.141 bits per heavy atom. The fourth-order valence-electron chi connectivity index (χ4n) is 19.5. The third-order valence-corrected chi connectivity index (χ3v) is 26.3. The second-order valence-corrected chi connectivity index (χ2v) is 35.2. The van der Waals surface area contributed by atoms with Gasteiger partial charge in [-0.3, -0.25) is 9.97 Å². The molecular formula is C134H86Ir2N6. The Balaban J connectivity index is 0.00000596. The quantitative estimate of drug-likeness (QED) is 0.0629. The van der Waals surface area contributed by atoms with Crippen molar-refractivity contribution in [3.8, 4) is 246 Å². The average Bonchev–Trinajstić information content (AvgIpc) is 0.766. The van der Waals surface area contributed by atoms with Gasteiger partial charge in [-0.1, -0.05) is 410 Å². The predicted molar refractivity (Wildman–Crippen MR) is 575 cm³/mol. The molecule has 0 fully saturated rings. The van der Waals surface area contributed by atoms with E-state index in [2.05, 4.69) is 426 Å². The van der Waals surface area contributed by atoms with Gasteiger partial charge in [0.1, 0.15) is 0 Å². The molecule has 0 unspecified atom stereocenters. The number of aromatic nitrogens is 6. The van der Waals surface area contributed by atoms with Crippen molar-refractivity contribution in [2.75, 3.05) is 0 Å². The molecule has 0 aliphatic heterocycles. The molecular weight excluding hydrogens is 2080 g/mol. The molecule has 0 bridgehead atoms. The molecule has 8 heteroatoms. The Hall–Kier alpha value is -17.1. The van der Waals surface area contributed by atoms with E-state index in [1.54, 1.807) is 6.33 Å². The monoisotopic (exact) mass is 2160 g/mol. The second-order valence-electron chi connectivity index (χ2n) is 35.2. The fourth-order valence-corrected chi connectivity index (χ4v) is 19.5. The van der Waals surface area contributed by atoms with Crippen molar-refractivity contribution in [3.63, 3.8) is 0 Å². The standard InChI is InChI=1S/C134H86N6.2Ir/c1-89-51-65-113(123(75-89)107-79-103(109-39-15-19-43-115(109)119-67-61-99(129-47-23-27-71-135-129)83-125(119)91-31-7-3-8-32-91)77-104(80-107)110-40-16-20-44-116(110)120-68-62-100(130-48-24-28-72-136-130)84-126(120)92-33-9-4-10-34-92)95-53-57-97(58-54-95)133-87-134(140-88-139-133)98-59-55-96(56-60-98)114-66-52-90(2)76-124(114)108-81-105(111-41-17-21-45-117(111)121-69-63-101(131-49-25-29-73-137-131)85-127(121)93-35-11-5-12-36-93)78-106(82-108)112-42-18-22-46-118(112)122-70-64-102(132-50-26-30-74-138-132)86-128(122)94-37-13-6-14-38-94;;/h3-57,59,65-88H,1-2H3;;/q-6;2*+3. The molecule has 0 radical (unpaired) electrons. The van der Waals surface area contributed by atoms with Crippen LogP contribution in [0.2, 0.25) is 0 Å². The zero-order valence-corrected chi connectivity index (χ0v) is 82.3. The Labute approximate surface area is 856 Å². The first-order valence-corrected chi connectivity index (χ1v) is 47.1. The van der Waals surface area contributed by atoms with E-state index < -0.39 is 0 Å². The average molecular weight is 2160 g/mol. The third-order valence-electron chi connectivity index (χ3n) is 26.3. The van der Waals surface area contributed by atoms with Gasteiger partial charge >= 0.3 is 40.2 Å². The van der Waals surface area contributed by atoms with Crippen molar-refractivity contribution in [2.24, 2.45) is 0 Å². The summed E-state index contributed by atoms with van der Waals surface area (Å²) in [5.41, 5.74) is 46.7. The molecule has 670 valence electrons. The number of hydrogen-bond donors (Lipinski definition) is 0. The number of hydrogen-bond acceptors (Lipinski definition) is 6. The number of aryl methyl sites for hydroxylation is 2. The van der Waals surface area contributed by atoms with Gasteiger partial charge in [-0.25, -0.2) is 0 Å². The number of nitrogens with zero attached hydrogens (tertiary/aromatic N) is 6. The van der Waals surface area contributed by atoms with E-state index in [-0.39, 0.29) is 40.2 Å². The maximum Gasteiger partial charge on any atom is 3.00 e. The molecule has 0 aliphatic rings. The predicted octanol–water partition coefficient (Wildman–Crippen LogP) is 34.1. The van der Waals surface area contributed by atoms with Crippen molar-refractivity contribution >= 4 is 0 Å². The summed E-state index contributed by atoms with van der Waals surface area (Å²) >= 11 is 0. The smallest absolute Gasteiger partial charge is 0.305 e. The van der Waals surface area contributed by atoms with Gasteiger partial charge in [0, 0.05) is 24.8 Å². The summed E-state index contributed by atoms with van der Waals surface area (Å²) in [6.45, 7) is 4.36. The summed E-state index contributed by atoms with van der Waals surface area (Å²) in [5, 5.41) is 0. The van der Waals surface area contributed by atoms with E-state index in [0.29, 0.717) is 0 Å². The number of pyridine rings is 4. The van der Waals surface area contributed by atoms with Crippen LogP contribution in [-0.4, -0.2) is 29.9 Å². The van der Waals surface area contributed by atoms with Gasteiger partial charge in [0.05, 0.1) is 6.33 Å². The summed E-state index contributed by atoms with van der Waals surface area (Å²) in [6.07, 6.45) is 9.02. The molecule has 23 rings (SSSR count). The first kappa shape index (κ1) is 91.4. The molecule has 0 amide bonds. The first-order valence-electron chi connectivity index (χ1n) is 47.1. The maximum absolute atomic E-state index is 4.94. The van der Waals surface area contributed by atoms with Crippen LogP contribution in [0.3, 0.4) is 0 Å². The van der Waals surface area contributed by atoms with Crippen molar-refractivity contribution < 1.29 is 40.2 Å². The van der Waals surface area contributed by atoms with Crippen LogP contribution in [0.1, 0.15) is 11.1 Å². The van der Waals surface area contributed by atoms with E-state index in [0.717, 1.165) is 257 Å². The zero-order chi connectivity index (χ0) is 93.6. The van der Waals surface area contributed by atoms with Gasteiger partial charge in [-0.15, -0.1) is 155 Å². The van der Waals surface area contributed by atoms with E-state index in [9.17, 15) is 0 Å². The molecule has 0 saturated carbocycles. The van der Waals surface area contributed by atoms with Gasteiger partial charge in [0.2, 0.25) is 0 Å². The minimum atomic E-state index is 0. The maximum atomic E-state index is 4.94. The molecule has 142 heavy (non-hydrogen) atoms. The molecule has 18 aromatic carbocycles. The van der Waals surface area contributed by atoms with Gasteiger partial charge in [0.15, 0.2) is 0 Å². The van der Waals surface area contributed by atoms with Crippen LogP contribution in [0.5, 0.6) is 0 Å². The van der Waals surface area contributed by atoms with E-state index in [1.807, 2.05) is 104 Å². The Kier molecular flexibility index (Phi) is 26.6. The van der Waals surface area contributed by atoms with Crippen molar-refractivity contribution in [1.29, 1.82) is 0 Å². The molecule has 5 heterocycles. The third kappa shape index (κ3) is 18.9. The van der Waals surface area contributed by atoms with Crippen LogP contribution < -0.4 is 0 Å². The number of rotatable bonds is 22. The summed E-state index contributed by atoms with van der Waals surface area (Å²) in [5.74, 6) is 0. The largest absolute Gasteiger partial charge is 3.00 e. The number of benzene rings is 18. The SMILES string of the molecule is Cc1ccc(-c2c[c-]c(-c3cc(-c4[c-]cc(-c5ccc(C)cc5-c5cc(-c6ccccc6-c6c[c-]c(-c7ccccn7)cc6-c6ccccc6)cc(-c6ccccc6-c6c[c-]c(-c7ccccn7)cc6-c6ccccc6)c5)cc4)ncn3)cc2)c(-c2cc(-c3ccccc3-c3c[c-]c(-c4ccccn4)cc3-c3ccccc3)cc(-c3ccccc3-c3c[c-]c(-c4ccccn4)cc3-c3ccccc3)c2)c1.[Ir+3].[Ir+3]. The van der Waals surface area contributed by atoms with Crippen LogP contribution in [0.15, 0.2) is 486 Å². The van der Waals surface area contributed by atoms with Crippen LogP contribution in [0.4, 0.5) is 0 Å². The molecule has 0 saturated heterocycles. The minimum Gasteiger partial charge on any atom is -0.305 e. The van der Waals surface area contributed by atoms with Crippen molar-refractivity contribution in [3.05, 3.63) is 534 Å². The van der Waals surface area contributed by atoms with Crippen LogP contribution in [-0.2, 0) is 40.2 Å². The van der Waals surface area contributed by atoms with Crippen LogP contribution >= 0.6 is 0 Å². The summed E-state index contributed by atoms with van der Waals surface area (Å²) in [6, 6.07) is 185. The summed E-state index contributed by atoms with van der Waals surface area (Å²) in [4.78, 5) is 29.0. The summed E-state index contributed by atoms with van der Waals surface area (Å²) < 4.78 is 0. The normalized spacial score (nSPS) is 11.1. The Morgan fingerprint density at radius 3 is 0.627 bits per heavy atom. The van der Waals surface area contributed by atoms with Gasteiger partial charge < -0.3 is 19.9 Å². The van der Waals surface area contributed by atoms with Crippen molar-refractivity contribution in [2.45, 2.75) is 13.8 Å². The van der Waals surface area contributed by atoms with E-state index in [1.165, 1.54) is 0 Å². The second kappa shape index (κ2) is 41.3. The molecule has 23 aromatic rings. The van der Waals surface area contributed by atoms with E-state index in [4.69, 9.17) is 29.9 Å². The Morgan fingerprint density at radius 2 is 0.373 bits per heavy atom. The van der Waals surface area contributed by atoms with Gasteiger partial charge in [-0.2, -0.15) is 0 Å². The van der Waals surface area contributed by atoms with Crippen LogP contribution in [0, 0.1) is 50.2 Å². The molecule has 6 nitrogen and oxygen atoms in total. The zero-order valence-electron chi connectivity index (χ0n) is 77.5. The molecule has 0 atom stereocenters. The molecule has 0 N–H and O–H groups in total. The van der Waals surface area contributed by atoms with E-state index >= 15 is 0 Å². The topological polar surface area (TPSA) is 77.3 Å². The first-order chi connectivity index (χ1) is 69.2. The Bertz CT molecular complexity index is 7630. The van der Waals surface area contributed by atoms with Crippen molar-refractivity contribution in [1.82, 2.24) is 29.9 Å². The molecule has 5 aromatic heterocycles. The molecule has 0 aliphatic carbocycles. The molecule has 0 spiro atoms. The van der Waals surface area contributed by atoms with Gasteiger partial charge in [-0.05, 0) is 198 Å².